The average Bonchev–Trinajstić information content (AvgIpc) is 3.13. The molecule has 0 spiro atoms. The fourth-order valence-electron chi connectivity index (χ4n) is 5.60. The largest absolute Gasteiger partial charge is 0.378 e. The number of aliphatic hydroxyl groups excluding tert-OH is 1. The van der Waals surface area contributed by atoms with Crippen LogP contribution in [0.15, 0.2) is 91.0 Å². The van der Waals surface area contributed by atoms with Crippen molar-refractivity contribution in [1.29, 1.82) is 0 Å². The van der Waals surface area contributed by atoms with Crippen molar-refractivity contribution in [2.45, 2.75) is 90.2 Å². The number of aliphatic hydroxyl groups is 1. The molecule has 13 nitrogen and oxygen atoms in total. The molecule has 0 fully saturated rings. The van der Waals surface area contributed by atoms with Gasteiger partial charge in [-0.3, -0.25) is 28.8 Å². The third kappa shape index (κ3) is 13.5. The Morgan fingerprint density at radius 1 is 0.547 bits per heavy atom. The topological polar surface area (TPSA) is 209 Å². The van der Waals surface area contributed by atoms with Gasteiger partial charge in [0.05, 0.1) is 0 Å². The van der Waals surface area contributed by atoms with Gasteiger partial charge >= 0.3 is 0 Å². The van der Waals surface area contributed by atoms with Gasteiger partial charge in [0.1, 0.15) is 30.2 Å². The first kappa shape index (κ1) is 41.9. The van der Waals surface area contributed by atoms with Crippen molar-refractivity contribution >= 4 is 35.4 Å². The molecule has 284 valence electrons. The number of amides is 6. The van der Waals surface area contributed by atoms with Crippen LogP contribution < -0.4 is 32.3 Å². The normalized spacial score (nSPS) is 14.5. The summed E-state index contributed by atoms with van der Waals surface area (Å²) in [6.07, 6.45) is -1.09. The van der Waals surface area contributed by atoms with E-state index in [0.717, 1.165) is 11.1 Å². The van der Waals surface area contributed by atoms with Crippen molar-refractivity contribution in [3.8, 4) is 0 Å². The summed E-state index contributed by atoms with van der Waals surface area (Å²) in [6, 6.07) is 20.7. The molecular formula is C40H52N6O7. The molecule has 0 saturated carbocycles. The van der Waals surface area contributed by atoms with Crippen LogP contribution in [-0.2, 0) is 41.6 Å². The molecule has 0 radical (unpaired) electrons. The van der Waals surface area contributed by atoms with E-state index in [-0.39, 0.29) is 18.8 Å². The molecule has 3 aromatic rings. The van der Waals surface area contributed by atoms with Crippen molar-refractivity contribution in [3.63, 3.8) is 0 Å². The highest BCUT2D eigenvalue weighted by atomic mass is 16.3. The summed E-state index contributed by atoms with van der Waals surface area (Å²) < 4.78 is 0. The zero-order chi connectivity index (χ0) is 39.1. The lowest BCUT2D eigenvalue weighted by atomic mass is 9.98. The predicted molar refractivity (Wildman–Crippen MR) is 201 cm³/mol. The van der Waals surface area contributed by atoms with Gasteiger partial charge in [-0.1, -0.05) is 119 Å². The van der Waals surface area contributed by atoms with Crippen LogP contribution in [0.1, 0.15) is 63.8 Å². The Balaban J connectivity index is 1.84. The zero-order valence-electron chi connectivity index (χ0n) is 30.9. The SMILES string of the molecule is CC(C)C[C@@H](NC(=O)[C@H](NC(=O)[C@@H](Cc1ccccc1)NC(=O)[C@@H](Cc1ccccc1)NC(=O)[C@@H](C)NC(=O)C(O)c1ccccc1)C(C)C)C(N)=O. The molecule has 0 saturated heterocycles. The highest BCUT2D eigenvalue weighted by Crippen LogP contribution is 2.13. The maximum absolute atomic E-state index is 14.0. The van der Waals surface area contributed by atoms with E-state index in [0.29, 0.717) is 12.0 Å². The number of carbonyl (C=O) groups excluding carboxylic acids is 6. The van der Waals surface area contributed by atoms with Gasteiger partial charge < -0.3 is 37.4 Å². The lowest BCUT2D eigenvalue weighted by molar-refractivity contribution is -0.136. The average molecular weight is 729 g/mol. The number of hydrogen-bond acceptors (Lipinski definition) is 7. The minimum Gasteiger partial charge on any atom is -0.378 e. The summed E-state index contributed by atoms with van der Waals surface area (Å²) in [4.78, 5) is 79.7. The first-order valence-corrected chi connectivity index (χ1v) is 17.8. The number of hydrogen-bond donors (Lipinski definition) is 7. The fraction of sp³-hybridized carbons (Fsp3) is 0.400. The molecule has 0 aliphatic carbocycles. The van der Waals surface area contributed by atoms with Gasteiger partial charge in [-0.25, -0.2) is 0 Å². The second kappa shape index (κ2) is 20.5. The smallest absolute Gasteiger partial charge is 0.254 e. The molecule has 0 heterocycles. The minimum absolute atomic E-state index is 0.0484. The molecule has 6 amide bonds. The van der Waals surface area contributed by atoms with Crippen LogP contribution in [0.5, 0.6) is 0 Å². The van der Waals surface area contributed by atoms with Gasteiger partial charge in [0, 0.05) is 12.8 Å². The Kier molecular flexibility index (Phi) is 16.2. The third-order valence-electron chi connectivity index (χ3n) is 8.56. The van der Waals surface area contributed by atoms with E-state index >= 15 is 0 Å². The minimum atomic E-state index is -1.51. The van der Waals surface area contributed by atoms with Crippen LogP contribution in [-0.4, -0.2) is 70.8 Å². The second-order valence-corrected chi connectivity index (χ2v) is 13.9. The number of carbonyl (C=O) groups is 6. The van der Waals surface area contributed by atoms with Crippen LogP contribution in [0, 0.1) is 11.8 Å². The number of benzene rings is 3. The van der Waals surface area contributed by atoms with Crippen LogP contribution in [0.2, 0.25) is 0 Å². The van der Waals surface area contributed by atoms with Gasteiger partial charge in [0.15, 0.2) is 6.10 Å². The van der Waals surface area contributed by atoms with Crippen molar-refractivity contribution in [3.05, 3.63) is 108 Å². The standard InChI is InChI=1S/C40H52N6O7/c1-24(2)21-30(35(41)48)43-39(52)33(25(3)4)46-38(51)32(23-28-17-11-7-12-18-28)45-37(50)31(22-27-15-9-6-10-16-27)44-36(49)26(5)42-40(53)34(47)29-19-13-8-14-20-29/h6-20,24-26,30-34,47H,21-23H2,1-5H3,(H2,41,48)(H,42,53)(H,43,52)(H,44,49)(H,45,50)(H,46,51)/t26-,30-,31-,32-,33-,34?/m1/s1. The Hall–Kier alpha value is -5.56. The Morgan fingerprint density at radius 2 is 0.981 bits per heavy atom. The van der Waals surface area contributed by atoms with Gasteiger partial charge in [-0.15, -0.1) is 0 Å². The highest BCUT2D eigenvalue weighted by molar-refractivity contribution is 5.96. The number of primary amides is 1. The number of rotatable bonds is 19. The lowest BCUT2D eigenvalue weighted by Gasteiger charge is -2.28. The van der Waals surface area contributed by atoms with Crippen LogP contribution in [0.4, 0.5) is 0 Å². The van der Waals surface area contributed by atoms with Crippen molar-refractivity contribution in [1.82, 2.24) is 26.6 Å². The lowest BCUT2D eigenvalue weighted by Crippen LogP contribution is -2.60. The molecule has 13 heteroatoms. The van der Waals surface area contributed by atoms with E-state index in [1.807, 2.05) is 26.0 Å². The highest BCUT2D eigenvalue weighted by Gasteiger charge is 2.33. The maximum Gasteiger partial charge on any atom is 0.254 e. The van der Waals surface area contributed by atoms with Crippen LogP contribution >= 0.6 is 0 Å². The van der Waals surface area contributed by atoms with Crippen LogP contribution in [0.3, 0.4) is 0 Å². The van der Waals surface area contributed by atoms with Gasteiger partial charge in [0.25, 0.3) is 5.91 Å². The van der Waals surface area contributed by atoms with E-state index in [1.165, 1.54) is 6.92 Å². The molecule has 3 rings (SSSR count). The number of nitrogens with two attached hydrogens (primary N) is 1. The molecule has 0 bridgehead atoms. The van der Waals surface area contributed by atoms with E-state index < -0.39 is 77.7 Å². The fourth-order valence-corrected chi connectivity index (χ4v) is 5.60. The van der Waals surface area contributed by atoms with Gasteiger partial charge in [-0.2, -0.15) is 0 Å². The van der Waals surface area contributed by atoms with E-state index in [9.17, 15) is 33.9 Å². The van der Waals surface area contributed by atoms with Crippen LogP contribution in [0.25, 0.3) is 0 Å². The molecule has 0 aliphatic rings. The Labute approximate surface area is 310 Å². The molecule has 8 N–H and O–H groups in total. The zero-order valence-corrected chi connectivity index (χ0v) is 30.9. The molecule has 3 aromatic carbocycles. The summed E-state index contributed by atoms with van der Waals surface area (Å²) >= 11 is 0. The second-order valence-electron chi connectivity index (χ2n) is 13.9. The summed E-state index contributed by atoms with van der Waals surface area (Å²) in [5.41, 5.74) is 7.34. The molecule has 53 heavy (non-hydrogen) atoms. The predicted octanol–water partition coefficient (Wildman–Crippen LogP) is 1.84. The van der Waals surface area contributed by atoms with E-state index in [1.54, 1.807) is 92.7 Å². The van der Waals surface area contributed by atoms with Crippen molar-refractivity contribution < 1.29 is 33.9 Å². The van der Waals surface area contributed by atoms with Gasteiger partial charge in [0.2, 0.25) is 29.5 Å². The van der Waals surface area contributed by atoms with E-state index in [2.05, 4.69) is 26.6 Å². The Morgan fingerprint density at radius 3 is 1.43 bits per heavy atom. The molecule has 6 atom stereocenters. The van der Waals surface area contributed by atoms with Crippen molar-refractivity contribution in [2.75, 3.05) is 0 Å². The van der Waals surface area contributed by atoms with Crippen molar-refractivity contribution in [2.24, 2.45) is 17.6 Å². The Bertz CT molecular complexity index is 1670. The van der Waals surface area contributed by atoms with Gasteiger partial charge in [-0.05, 0) is 41.9 Å². The first-order chi connectivity index (χ1) is 25.2. The monoisotopic (exact) mass is 728 g/mol. The molecule has 0 aromatic heterocycles. The number of nitrogens with one attached hydrogen (secondary N) is 5. The van der Waals surface area contributed by atoms with E-state index in [4.69, 9.17) is 5.73 Å². The summed E-state index contributed by atoms with van der Waals surface area (Å²) in [5, 5.41) is 23.9. The quantitative estimate of drug-likeness (QED) is 0.0974. The summed E-state index contributed by atoms with van der Waals surface area (Å²) in [6.45, 7) is 8.68. The molecule has 1 unspecified atom stereocenters. The molecule has 0 aliphatic heterocycles. The molecular weight excluding hydrogens is 676 g/mol. The first-order valence-electron chi connectivity index (χ1n) is 17.8. The maximum atomic E-state index is 14.0. The summed E-state index contributed by atoms with van der Waals surface area (Å²) in [7, 11) is 0. The summed E-state index contributed by atoms with van der Waals surface area (Å²) in [5.74, 6) is -4.45. The third-order valence-corrected chi connectivity index (χ3v) is 8.56.